The number of methoxy groups -OCH3 is 1. The molecule has 0 radical (unpaired) electrons. The third-order valence-corrected chi connectivity index (χ3v) is 4.62. The molecule has 3 N–H and O–H groups in total. The quantitative estimate of drug-likeness (QED) is 0.255. The van der Waals surface area contributed by atoms with Gasteiger partial charge in [0.1, 0.15) is 6.10 Å². The fourth-order valence-electron chi connectivity index (χ4n) is 2.88. The van der Waals surface area contributed by atoms with Crippen molar-refractivity contribution in [2.24, 2.45) is 4.99 Å². The first-order chi connectivity index (χ1) is 14.1. The Kier molecular flexibility index (Phi) is 12.4. The highest BCUT2D eigenvalue weighted by Gasteiger charge is 2.11. The molecule has 1 amide bonds. The number of carbonyl (C=O) groups is 1. The predicted octanol–water partition coefficient (Wildman–Crippen LogP) is 3.80. The Morgan fingerprint density at radius 3 is 2.60 bits per heavy atom. The SMILES string of the molecule is CCNC(=NCC(OC)c1cccc(Cl)c1)NCCc1cccc(C(=O)NC)c1.I. The predicted molar refractivity (Wildman–Crippen MR) is 134 cm³/mol. The van der Waals surface area contributed by atoms with Crippen LogP contribution in [0.5, 0.6) is 0 Å². The van der Waals surface area contributed by atoms with Gasteiger partial charge in [0.25, 0.3) is 5.91 Å². The van der Waals surface area contributed by atoms with E-state index in [0.717, 1.165) is 30.1 Å². The average molecular weight is 545 g/mol. The lowest BCUT2D eigenvalue weighted by Gasteiger charge is -2.16. The zero-order valence-corrected chi connectivity index (χ0v) is 20.7. The molecule has 2 aromatic rings. The Labute approximate surface area is 200 Å². The first kappa shape index (κ1) is 26.2. The minimum Gasteiger partial charge on any atom is -0.375 e. The van der Waals surface area contributed by atoms with Gasteiger partial charge in [0.05, 0.1) is 6.54 Å². The minimum absolute atomic E-state index is 0. The normalized spacial score (nSPS) is 11.9. The van der Waals surface area contributed by atoms with E-state index < -0.39 is 0 Å². The van der Waals surface area contributed by atoms with Crippen molar-refractivity contribution >= 4 is 47.4 Å². The van der Waals surface area contributed by atoms with Gasteiger partial charge in [-0.1, -0.05) is 35.9 Å². The monoisotopic (exact) mass is 544 g/mol. The molecule has 30 heavy (non-hydrogen) atoms. The van der Waals surface area contributed by atoms with Crippen LogP contribution in [0.2, 0.25) is 5.02 Å². The fraction of sp³-hybridized carbons (Fsp3) is 0.364. The average Bonchev–Trinajstić information content (AvgIpc) is 2.74. The Morgan fingerprint density at radius 1 is 1.17 bits per heavy atom. The van der Waals surface area contributed by atoms with Crippen LogP contribution in [0.3, 0.4) is 0 Å². The maximum Gasteiger partial charge on any atom is 0.251 e. The van der Waals surface area contributed by atoms with Crippen molar-refractivity contribution < 1.29 is 9.53 Å². The van der Waals surface area contributed by atoms with E-state index in [9.17, 15) is 4.79 Å². The van der Waals surface area contributed by atoms with Crippen molar-refractivity contribution in [2.75, 3.05) is 33.8 Å². The van der Waals surface area contributed by atoms with E-state index in [1.54, 1.807) is 14.2 Å². The summed E-state index contributed by atoms with van der Waals surface area (Å²) in [6.45, 7) is 3.94. The summed E-state index contributed by atoms with van der Waals surface area (Å²) in [7, 11) is 3.30. The van der Waals surface area contributed by atoms with E-state index in [1.807, 2.05) is 55.5 Å². The lowest BCUT2D eigenvalue weighted by molar-refractivity contribution is 0.0963. The number of guanidine groups is 1. The molecule has 0 fully saturated rings. The van der Waals surface area contributed by atoms with Crippen LogP contribution in [-0.4, -0.2) is 45.7 Å². The second-order valence-electron chi connectivity index (χ2n) is 6.46. The second-order valence-corrected chi connectivity index (χ2v) is 6.89. The summed E-state index contributed by atoms with van der Waals surface area (Å²) in [6.07, 6.45) is 0.602. The highest BCUT2D eigenvalue weighted by molar-refractivity contribution is 14.0. The van der Waals surface area contributed by atoms with Crippen LogP contribution in [0.25, 0.3) is 0 Å². The molecule has 0 spiro atoms. The number of aliphatic imine (C=N–C) groups is 1. The number of ether oxygens (including phenoxy) is 1. The van der Waals surface area contributed by atoms with Crippen molar-refractivity contribution in [3.05, 3.63) is 70.2 Å². The number of hydrogen-bond acceptors (Lipinski definition) is 3. The zero-order chi connectivity index (χ0) is 21.1. The summed E-state index contributed by atoms with van der Waals surface area (Å²) >= 11 is 6.08. The minimum atomic E-state index is -0.173. The molecular formula is C22H30ClIN4O2. The molecule has 6 nitrogen and oxygen atoms in total. The smallest absolute Gasteiger partial charge is 0.251 e. The van der Waals surface area contributed by atoms with E-state index in [0.29, 0.717) is 23.7 Å². The van der Waals surface area contributed by atoms with E-state index in [2.05, 4.69) is 20.9 Å². The summed E-state index contributed by atoms with van der Waals surface area (Å²) in [6, 6.07) is 15.2. The largest absolute Gasteiger partial charge is 0.375 e. The molecule has 164 valence electrons. The van der Waals surface area contributed by atoms with E-state index in [4.69, 9.17) is 16.3 Å². The molecule has 1 atom stereocenters. The van der Waals surface area contributed by atoms with Gasteiger partial charge in [-0.15, -0.1) is 24.0 Å². The van der Waals surface area contributed by atoms with Crippen LogP contribution in [0.1, 0.15) is 34.5 Å². The lowest BCUT2D eigenvalue weighted by atomic mass is 10.1. The third kappa shape index (κ3) is 8.49. The molecule has 0 aliphatic heterocycles. The molecular weight excluding hydrogens is 515 g/mol. The van der Waals surface area contributed by atoms with E-state index >= 15 is 0 Å². The summed E-state index contributed by atoms with van der Waals surface area (Å²) in [4.78, 5) is 16.4. The number of hydrogen-bond donors (Lipinski definition) is 3. The molecule has 0 aromatic heterocycles. The van der Waals surface area contributed by atoms with Crippen LogP contribution in [0.4, 0.5) is 0 Å². The Morgan fingerprint density at radius 2 is 1.93 bits per heavy atom. The summed E-state index contributed by atoms with van der Waals surface area (Å²) < 4.78 is 5.58. The standard InChI is InChI=1S/C22H29ClN4O2.HI/c1-4-25-22(27-15-20(29-3)17-8-6-10-19(23)14-17)26-12-11-16-7-5-9-18(13-16)21(28)24-2;/h5-10,13-14,20H,4,11-12,15H2,1-3H3,(H,24,28)(H2,25,26,27);1H. The van der Waals surface area contributed by atoms with Crippen molar-refractivity contribution in [1.29, 1.82) is 0 Å². The van der Waals surface area contributed by atoms with Crippen LogP contribution < -0.4 is 16.0 Å². The van der Waals surface area contributed by atoms with Gasteiger partial charge in [-0.05, 0) is 48.7 Å². The summed E-state index contributed by atoms with van der Waals surface area (Å²) in [5.74, 6) is 0.639. The van der Waals surface area contributed by atoms with Gasteiger partial charge in [0, 0.05) is 37.8 Å². The zero-order valence-electron chi connectivity index (χ0n) is 17.6. The molecule has 2 rings (SSSR count). The number of carbonyl (C=O) groups excluding carboxylic acids is 1. The van der Waals surface area contributed by atoms with Gasteiger partial charge in [-0.25, -0.2) is 0 Å². The Hall–Kier alpha value is -1.84. The molecule has 0 heterocycles. The van der Waals surface area contributed by atoms with Crippen molar-refractivity contribution in [3.63, 3.8) is 0 Å². The first-order valence-corrected chi connectivity index (χ1v) is 10.1. The van der Waals surface area contributed by atoms with Crippen molar-refractivity contribution in [2.45, 2.75) is 19.4 Å². The van der Waals surface area contributed by atoms with Gasteiger partial charge in [-0.2, -0.15) is 0 Å². The Bertz CT molecular complexity index is 832. The number of benzene rings is 2. The van der Waals surface area contributed by atoms with Crippen molar-refractivity contribution in [1.82, 2.24) is 16.0 Å². The molecule has 8 heteroatoms. The number of amides is 1. The topological polar surface area (TPSA) is 74.8 Å². The molecule has 0 bridgehead atoms. The molecule has 0 aliphatic rings. The molecule has 0 saturated carbocycles. The van der Waals surface area contributed by atoms with E-state index in [1.165, 1.54) is 0 Å². The lowest BCUT2D eigenvalue weighted by Crippen LogP contribution is -2.38. The van der Waals surface area contributed by atoms with Crippen LogP contribution in [0.15, 0.2) is 53.5 Å². The number of rotatable bonds is 9. The highest BCUT2D eigenvalue weighted by Crippen LogP contribution is 2.20. The van der Waals surface area contributed by atoms with Gasteiger partial charge >= 0.3 is 0 Å². The second kappa shape index (κ2) is 14.2. The number of halogens is 2. The fourth-order valence-corrected chi connectivity index (χ4v) is 3.08. The van der Waals surface area contributed by atoms with E-state index in [-0.39, 0.29) is 36.0 Å². The maximum atomic E-state index is 11.8. The Balaban J connectivity index is 0.00000450. The number of nitrogens with one attached hydrogen (secondary N) is 3. The molecule has 2 aromatic carbocycles. The molecule has 0 saturated heterocycles. The van der Waals surface area contributed by atoms with Crippen LogP contribution in [0, 0.1) is 0 Å². The van der Waals surface area contributed by atoms with Gasteiger partial charge < -0.3 is 20.7 Å². The van der Waals surface area contributed by atoms with Crippen LogP contribution in [-0.2, 0) is 11.2 Å². The highest BCUT2D eigenvalue weighted by atomic mass is 127. The third-order valence-electron chi connectivity index (χ3n) is 4.39. The molecule has 0 aliphatic carbocycles. The number of nitrogens with zero attached hydrogens (tertiary/aromatic N) is 1. The van der Waals surface area contributed by atoms with Gasteiger partial charge in [0.15, 0.2) is 5.96 Å². The summed E-state index contributed by atoms with van der Waals surface area (Å²) in [5, 5.41) is 9.90. The first-order valence-electron chi connectivity index (χ1n) is 9.68. The maximum absolute atomic E-state index is 11.8. The molecule has 1 unspecified atom stereocenters. The van der Waals surface area contributed by atoms with Gasteiger partial charge in [-0.3, -0.25) is 9.79 Å². The van der Waals surface area contributed by atoms with Crippen LogP contribution >= 0.6 is 35.6 Å². The summed E-state index contributed by atoms with van der Waals surface area (Å²) in [5.41, 5.74) is 2.74. The van der Waals surface area contributed by atoms with Crippen molar-refractivity contribution in [3.8, 4) is 0 Å². The van der Waals surface area contributed by atoms with Gasteiger partial charge in [0.2, 0.25) is 0 Å².